The Balaban J connectivity index is 1.33. The first-order valence-corrected chi connectivity index (χ1v) is 13.8. The highest BCUT2D eigenvalue weighted by Crippen LogP contribution is 2.41. The minimum absolute atomic E-state index is 1.02. The monoisotopic (exact) mass is 505 g/mol. The zero-order chi connectivity index (χ0) is 26.2. The molecule has 0 aliphatic heterocycles. The number of hydrogen-bond donors (Lipinski definition) is 0. The highest BCUT2D eigenvalue weighted by atomic mass is 14.7. The van der Waals surface area contributed by atoms with Crippen LogP contribution in [0.2, 0.25) is 0 Å². The van der Waals surface area contributed by atoms with E-state index in [2.05, 4.69) is 140 Å². The predicted molar refractivity (Wildman–Crippen MR) is 171 cm³/mol. The van der Waals surface area contributed by atoms with Gasteiger partial charge in [-0.15, -0.1) is 0 Å². The van der Waals surface area contributed by atoms with Crippen molar-refractivity contribution in [2.75, 3.05) is 0 Å². The maximum Gasteiger partial charge on any atom is 0.0788 e. The van der Waals surface area contributed by atoms with E-state index < -0.39 is 0 Å². The van der Waals surface area contributed by atoms with Crippen LogP contribution in [0.5, 0.6) is 0 Å². The van der Waals surface area contributed by atoms with Crippen molar-refractivity contribution in [1.29, 1.82) is 0 Å². The Kier molecular flexibility index (Phi) is 4.39. The molecule has 0 spiro atoms. The Labute approximate surface area is 231 Å². The summed E-state index contributed by atoms with van der Waals surface area (Å²) < 4.78 is 0. The molecule has 1 aromatic heterocycles. The molecule has 0 atom stereocenters. The first kappa shape index (κ1) is 21.6. The van der Waals surface area contributed by atoms with E-state index in [1.165, 1.54) is 70.4 Å². The van der Waals surface area contributed by atoms with Gasteiger partial charge in [0.1, 0.15) is 0 Å². The Morgan fingerprint density at radius 2 is 0.975 bits per heavy atom. The van der Waals surface area contributed by atoms with Crippen molar-refractivity contribution in [1.82, 2.24) is 4.98 Å². The lowest BCUT2D eigenvalue weighted by Gasteiger charge is -2.15. The van der Waals surface area contributed by atoms with Crippen molar-refractivity contribution in [2.45, 2.75) is 0 Å². The Morgan fingerprint density at radius 1 is 0.350 bits per heavy atom. The zero-order valence-electron chi connectivity index (χ0n) is 21.7. The van der Waals surface area contributed by atoms with E-state index >= 15 is 0 Å². The zero-order valence-corrected chi connectivity index (χ0v) is 21.7. The summed E-state index contributed by atoms with van der Waals surface area (Å²) in [7, 11) is 0. The molecule has 0 amide bonds. The van der Waals surface area contributed by atoms with Crippen LogP contribution in [0.3, 0.4) is 0 Å². The van der Waals surface area contributed by atoms with Crippen molar-refractivity contribution in [3.05, 3.63) is 140 Å². The summed E-state index contributed by atoms with van der Waals surface area (Å²) in [4.78, 5) is 5.24. The van der Waals surface area contributed by atoms with Crippen molar-refractivity contribution < 1.29 is 0 Å². The minimum atomic E-state index is 1.02. The van der Waals surface area contributed by atoms with E-state index in [0.29, 0.717) is 0 Å². The molecule has 9 rings (SSSR count). The van der Waals surface area contributed by atoms with Crippen LogP contribution in [0.1, 0.15) is 0 Å². The molecule has 8 aromatic carbocycles. The Morgan fingerprint density at radius 3 is 1.88 bits per heavy atom. The number of aromatic nitrogens is 1. The second-order valence-corrected chi connectivity index (χ2v) is 10.7. The van der Waals surface area contributed by atoms with Crippen molar-refractivity contribution >= 4 is 64.8 Å². The maximum absolute atomic E-state index is 5.24. The molecule has 0 radical (unpaired) electrons. The SMILES string of the molecule is c1cc(-c2nc3ccccc3c3c2ccc2ccccc23)cc(-c2ccc3ccc4cccc5ccc2c3c45)c1. The van der Waals surface area contributed by atoms with Gasteiger partial charge >= 0.3 is 0 Å². The topological polar surface area (TPSA) is 12.9 Å². The normalized spacial score (nSPS) is 12.0. The fourth-order valence-corrected chi connectivity index (χ4v) is 6.76. The Bertz CT molecular complexity index is 2400. The second-order valence-electron chi connectivity index (χ2n) is 10.7. The van der Waals surface area contributed by atoms with Crippen LogP contribution >= 0.6 is 0 Å². The summed E-state index contributed by atoms with van der Waals surface area (Å²) in [6, 6.07) is 50.8. The number of pyridine rings is 1. The third-order valence-corrected chi connectivity index (χ3v) is 8.57. The quantitative estimate of drug-likeness (QED) is 0.213. The molecular formula is C39H23N. The molecule has 9 aromatic rings. The summed E-state index contributed by atoms with van der Waals surface area (Å²) in [6.45, 7) is 0. The van der Waals surface area contributed by atoms with Crippen LogP contribution in [0.4, 0.5) is 0 Å². The van der Waals surface area contributed by atoms with Crippen LogP contribution in [0.25, 0.3) is 87.1 Å². The van der Waals surface area contributed by atoms with Gasteiger partial charge in [-0.1, -0.05) is 127 Å². The van der Waals surface area contributed by atoms with Gasteiger partial charge in [-0.2, -0.15) is 0 Å². The molecule has 1 heteroatoms. The van der Waals surface area contributed by atoms with Crippen LogP contribution in [-0.4, -0.2) is 4.98 Å². The first-order valence-electron chi connectivity index (χ1n) is 13.8. The molecule has 0 aliphatic carbocycles. The summed E-state index contributed by atoms with van der Waals surface area (Å²) in [5, 5.41) is 14.0. The van der Waals surface area contributed by atoms with E-state index in [4.69, 9.17) is 4.98 Å². The fourth-order valence-electron chi connectivity index (χ4n) is 6.76. The van der Waals surface area contributed by atoms with Gasteiger partial charge < -0.3 is 0 Å². The fraction of sp³-hybridized carbons (Fsp3) is 0. The molecule has 0 saturated heterocycles. The van der Waals surface area contributed by atoms with E-state index in [9.17, 15) is 0 Å². The van der Waals surface area contributed by atoms with Crippen molar-refractivity contribution in [2.24, 2.45) is 0 Å². The highest BCUT2D eigenvalue weighted by Gasteiger charge is 2.15. The summed E-state index contributed by atoms with van der Waals surface area (Å²) in [5.41, 5.74) is 5.64. The maximum atomic E-state index is 5.24. The van der Waals surface area contributed by atoms with Gasteiger partial charge in [0.25, 0.3) is 0 Å². The number of hydrogen-bond acceptors (Lipinski definition) is 1. The van der Waals surface area contributed by atoms with E-state index in [0.717, 1.165) is 16.8 Å². The number of fused-ring (bicyclic) bond motifs is 5. The molecule has 1 heterocycles. The average molecular weight is 506 g/mol. The smallest absolute Gasteiger partial charge is 0.0788 e. The first-order chi connectivity index (χ1) is 19.8. The molecule has 0 N–H and O–H groups in total. The molecule has 184 valence electrons. The van der Waals surface area contributed by atoms with Gasteiger partial charge in [0, 0.05) is 21.7 Å². The summed E-state index contributed by atoms with van der Waals surface area (Å²) in [5.74, 6) is 0. The third kappa shape index (κ3) is 3.00. The number of para-hydroxylation sites is 1. The third-order valence-electron chi connectivity index (χ3n) is 8.57. The van der Waals surface area contributed by atoms with Gasteiger partial charge in [-0.05, 0) is 66.3 Å². The van der Waals surface area contributed by atoms with Crippen molar-refractivity contribution in [3.8, 4) is 22.4 Å². The van der Waals surface area contributed by atoms with Gasteiger partial charge in [0.05, 0.1) is 11.2 Å². The number of rotatable bonds is 2. The number of benzene rings is 8. The molecule has 0 aliphatic rings. The van der Waals surface area contributed by atoms with E-state index in [1.807, 2.05) is 0 Å². The van der Waals surface area contributed by atoms with E-state index in [1.54, 1.807) is 0 Å². The molecule has 0 saturated carbocycles. The molecule has 1 nitrogen and oxygen atoms in total. The van der Waals surface area contributed by atoms with Gasteiger partial charge in [-0.25, -0.2) is 4.98 Å². The van der Waals surface area contributed by atoms with Crippen LogP contribution in [0.15, 0.2) is 140 Å². The van der Waals surface area contributed by atoms with Crippen LogP contribution < -0.4 is 0 Å². The molecule has 0 fully saturated rings. The highest BCUT2D eigenvalue weighted by molar-refractivity contribution is 6.26. The lowest BCUT2D eigenvalue weighted by molar-refractivity contribution is 1.43. The van der Waals surface area contributed by atoms with Gasteiger partial charge in [0.2, 0.25) is 0 Å². The van der Waals surface area contributed by atoms with Crippen LogP contribution in [-0.2, 0) is 0 Å². The Hall–Kier alpha value is -5.27. The summed E-state index contributed by atoms with van der Waals surface area (Å²) in [6.07, 6.45) is 0. The van der Waals surface area contributed by atoms with Gasteiger partial charge in [-0.3, -0.25) is 0 Å². The number of nitrogens with zero attached hydrogens (tertiary/aromatic N) is 1. The van der Waals surface area contributed by atoms with Crippen LogP contribution in [0, 0.1) is 0 Å². The lowest BCUT2D eigenvalue weighted by atomic mass is 9.89. The van der Waals surface area contributed by atoms with Gasteiger partial charge in [0.15, 0.2) is 0 Å². The molecule has 40 heavy (non-hydrogen) atoms. The second kappa shape index (κ2) is 8.11. The van der Waals surface area contributed by atoms with Crippen molar-refractivity contribution in [3.63, 3.8) is 0 Å². The lowest BCUT2D eigenvalue weighted by Crippen LogP contribution is -1.92. The minimum Gasteiger partial charge on any atom is -0.247 e. The standard InChI is InChI=1S/C39H23N/c1-2-12-31-24(7-1)17-22-34-38(31)33-13-3-4-14-35(33)40-39(34)29-11-6-10-28(23-29)30-20-18-27-16-15-25-8-5-9-26-19-21-32(30)37(27)36(25)26/h1-23H. The van der Waals surface area contributed by atoms with E-state index in [-0.39, 0.29) is 0 Å². The average Bonchev–Trinajstić information content (AvgIpc) is 3.03. The molecule has 0 unspecified atom stereocenters. The summed E-state index contributed by atoms with van der Waals surface area (Å²) >= 11 is 0. The largest absolute Gasteiger partial charge is 0.247 e. The predicted octanol–water partition coefficient (Wildman–Crippen LogP) is 10.8. The molecular weight excluding hydrogens is 482 g/mol. The molecule has 0 bridgehead atoms.